The number of amides is 1. The Kier molecular flexibility index (Phi) is 5.64. The second kappa shape index (κ2) is 7.49. The lowest BCUT2D eigenvalue weighted by Crippen LogP contribution is -2.47. The largest absolute Gasteiger partial charge is 0.496 e. The highest BCUT2D eigenvalue weighted by Crippen LogP contribution is 2.30. The van der Waals surface area contributed by atoms with Gasteiger partial charge in [-0.1, -0.05) is 25.1 Å². The molecular weight excluding hydrogens is 294 g/mol. The molecule has 1 aromatic rings. The molecule has 0 radical (unpaired) electrons. The van der Waals surface area contributed by atoms with Crippen molar-refractivity contribution in [3.8, 4) is 5.75 Å². The summed E-state index contributed by atoms with van der Waals surface area (Å²) >= 11 is 0. The van der Waals surface area contributed by atoms with Gasteiger partial charge >= 0.3 is 5.97 Å². The van der Waals surface area contributed by atoms with Crippen molar-refractivity contribution in [1.82, 2.24) is 4.90 Å². The number of rotatable bonds is 5. The van der Waals surface area contributed by atoms with Crippen LogP contribution in [0.3, 0.4) is 0 Å². The van der Waals surface area contributed by atoms with Crippen molar-refractivity contribution < 1.29 is 19.4 Å². The van der Waals surface area contributed by atoms with Gasteiger partial charge in [0.2, 0.25) is 5.91 Å². The number of methoxy groups -OCH3 is 1. The Labute approximate surface area is 137 Å². The maximum absolute atomic E-state index is 12.7. The molecule has 0 spiro atoms. The number of carboxylic acid groups (broad SMARTS) is 1. The second-order valence-electron chi connectivity index (χ2n) is 6.35. The number of likely N-dealkylation sites (tertiary alicyclic amines) is 1. The van der Waals surface area contributed by atoms with Crippen molar-refractivity contribution in [2.45, 2.75) is 45.1 Å². The molecule has 3 atom stereocenters. The summed E-state index contributed by atoms with van der Waals surface area (Å²) < 4.78 is 5.36. The number of carbonyl (C=O) groups is 2. The number of aliphatic carboxylic acids is 1. The molecule has 1 fully saturated rings. The van der Waals surface area contributed by atoms with E-state index in [1.54, 1.807) is 12.0 Å². The van der Waals surface area contributed by atoms with Crippen LogP contribution in [0, 0.1) is 5.92 Å². The number of ether oxygens (including phenoxy) is 1. The molecule has 2 rings (SSSR count). The molecule has 1 aliphatic heterocycles. The number of nitrogens with zero attached hydrogens (tertiary/aromatic N) is 1. The topological polar surface area (TPSA) is 66.8 Å². The molecule has 1 amide bonds. The van der Waals surface area contributed by atoms with Crippen molar-refractivity contribution in [2.24, 2.45) is 5.92 Å². The summed E-state index contributed by atoms with van der Waals surface area (Å²) in [5.74, 6) is -0.440. The molecule has 1 aromatic carbocycles. The summed E-state index contributed by atoms with van der Waals surface area (Å²) in [5.41, 5.74) is 1.00. The smallest absolute Gasteiger partial charge is 0.308 e. The predicted octanol–water partition coefficient (Wildman–Crippen LogP) is 2.90. The van der Waals surface area contributed by atoms with E-state index in [4.69, 9.17) is 4.74 Å². The number of benzene rings is 1. The van der Waals surface area contributed by atoms with Gasteiger partial charge < -0.3 is 14.7 Å². The molecule has 0 aliphatic carbocycles. The minimum Gasteiger partial charge on any atom is -0.496 e. The van der Waals surface area contributed by atoms with Gasteiger partial charge in [0, 0.05) is 19.0 Å². The maximum Gasteiger partial charge on any atom is 0.308 e. The van der Waals surface area contributed by atoms with Crippen molar-refractivity contribution in [2.75, 3.05) is 13.7 Å². The molecule has 5 nitrogen and oxygen atoms in total. The predicted molar refractivity (Wildman–Crippen MR) is 87.6 cm³/mol. The zero-order valence-electron chi connectivity index (χ0n) is 14.0. The standard InChI is InChI=1S/C18H25NO4/c1-12(15-6-4-5-7-16(15)23-3)10-17(20)19-11-14(18(21)22)9-8-13(19)2/h4-7,12-14H,8-11H2,1-3H3,(H,21,22). The fraction of sp³-hybridized carbons (Fsp3) is 0.556. The highest BCUT2D eigenvalue weighted by molar-refractivity contribution is 5.79. The third-order valence-corrected chi connectivity index (χ3v) is 4.70. The molecule has 1 N–H and O–H groups in total. The van der Waals surface area contributed by atoms with Gasteiger partial charge in [0.25, 0.3) is 0 Å². The minimum atomic E-state index is -0.813. The van der Waals surface area contributed by atoms with Gasteiger partial charge in [-0.15, -0.1) is 0 Å². The zero-order chi connectivity index (χ0) is 17.0. The lowest BCUT2D eigenvalue weighted by atomic mass is 9.91. The first-order valence-corrected chi connectivity index (χ1v) is 8.09. The Morgan fingerprint density at radius 3 is 2.70 bits per heavy atom. The number of carboxylic acids is 1. The van der Waals surface area contributed by atoms with Crippen molar-refractivity contribution in [3.05, 3.63) is 29.8 Å². The van der Waals surface area contributed by atoms with E-state index >= 15 is 0 Å². The molecule has 1 aliphatic rings. The summed E-state index contributed by atoms with van der Waals surface area (Å²) in [4.78, 5) is 25.6. The molecule has 1 heterocycles. The third-order valence-electron chi connectivity index (χ3n) is 4.70. The molecule has 5 heteroatoms. The minimum absolute atomic E-state index is 0.0156. The van der Waals surface area contributed by atoms with Crippen LogP contribution in [0.15, 0.2) is 24.3 Å². The summed E-state index contributed by atoms with van der Waals surface area (Å²) in [5, 5.41) is 9.20. The molecule has 3 unspecified atom stereocenters. The van der Waals surface area contributed by atoms with E-state index in [1.165, 1.54) is 0 Å². The van der Waals surface area contributed by atoms with Crippen LogP contribution in [0.2, 0.25) is 0 Å². The van der Waals surface area contributed by atoms with Gasteiger partial charge in [0.15, 0.2) is 0 Å². The summed E-state index contributed by atoms with van der Waals surface area (Å²) in [6.07, 6.45) is 1.74. The number of carbonyl (C=O) groups excluding carboxylic acids is 1. The lowest BCUT2D eigenvalue weighted by molar-refractivity contribution is -0.147. The Balaban J connectivity index is 2.06. The van der Waals surface area contributed by atoms with Crippen molar-refractivity contribution in [1.29, 1.82) is 0 Å². The van der Waals surface area contributed by atoms with E-state index < -0.39 is 11.9 Å². The van der Waals surface area contributed by atoms with Crippen molar-refractivity contribution >= 4 is 11.9 Å². The van der Waals surface area contributed by atoms with Crippen LogP contribution in [0.1, 0.15) is 44.6 Å². The van der Waals surface area contributed by atoms with Gasteiger partial charge in [0.05, 0.1) is 13.0 Å². The van der Waals surface area contributed by atoms with Crippen LogP contribution in [-0.2, 0) is 9.59 Å². The highest BCUT2D eigenvalue weighted by atomic mass is 16.5. The quantitative estimate of drug-likeness (QED) is 0.906. The van der Waals surface area contributed by atoms with E-state index in [0.717, 1.165) is 17.7 Å². The average Bonchev–Trinajstić information content (AvgIpc) is 2.54. The van der Waals surface area contributed by atoms with Gasteiger partial charge in [-0.05, 0) is 37.3 Å². The van der Waals surface area contributed by atoms with E-state index in [-0.39, 0.29) is 17.9 Å². The first kappa shape index (κ1) is 17.3. The molecule has 126 valence electrons. The van der Waals surface area contributed by atoms with Crippen LogP contribution >= 0.6 is 0 Å². The van der Waals surface area contributed by atoms with Crippen LogP contribution in [0.25, 0.3) is 0 Å². The second-order valence-corrected chi connectivity index (χ2v) is 6.35. The van der Waals surface area contributed by atoms with E-state index in [2.05, 4.69) is 0 Å². The Morgan fingerprint density at radius 2 is 2.04 bits per heavy atom. The van der Waals surface area contributed by atoms with Gasteiger partial charge in [0.1, 0.15) is 5.75 Å². The molecular formula is C18H25NO4. The average molecular weight is 319 g/mol. The number of piperidine rings is 1. The summed E-state index contributed by atoms with van der Waals surface area (Å²) in [6, 6.07) is 7.80. The fourth-order valence-corrected chi connectivity index (χ4v) is 3.22. The molecule has 0 bridgehead atoms. The van der Waals surface area contributed by atoms with E-state index in [1.807, 2.05) is 38.1 Å². The SMILES string of the molecule is COc1ccccc1C(C)CC(=O)N1CC(C(=O)O)CCC1C. The first-order chi connectivity index (χ1) is 10.9. The van der Waals surface area contributed by atoms with E-state index in [9.17, 15) is 14.7 Å². The summed E-state index contributed by atoms with van der Waals surface area (Å²) in [7, 11) is 1.62. The third kappa shape index (κ3) is 4.03. The van der Waals surface area contributed by atoms with Crippen molar-refractivity contribution in [3.63, 3.8) is 0 Å². The molecule has 23 heavy (non-hydrogen) atoms. The lowest BCUT2D eigenvalue weighted by Gasteiger charge is -2.37. The number of hydrogen-bond acceptors (Lipinski definition) is 3. The van der Waals surface area contributed by atoms with Gasteiger partial charge in [-0.3, -0.25) is 9.59 Å². The van der Waals surface area contributed by atoms with Gasteiger partial charge in [-0.25, -0.2) is 0 Å². The number of hydrogen-bond donors (Lipinski definition) is 1. The monoisotopic (exact) mass is 319 g/mol. The fourth-order valence-electron chi connectivity index (χ4n) is 3.22. The molecule has 0 aromatic heterocycles. The molecule has 0 saturated carbocycles. The Morgan fingerprint density at radius 1 is 1.35 bits per heavy atom. The van der Waals surface area contributed by atoms with Gasteiger partial charge in [-0.2, -0.15) is 0 Å². The van der Waals surface area contributed by atoms with Crippen LogP contribution < -0.4 is 4.74 Å². The van der Waals surface area contributed by atoms with E-state index in [0.29, 0.717) is 19.4 Å². The number of para-hydroxylation sites is 1. The van der Waals surface area contributed by atoms with Crippen LogP contribution in [0.5, 0.6) is 5.75 Å². The summed E-state index contributed by atoms with van der Waals surface area (Å²) in [6.45, 7) is 4.30. The Bertz CT molecular complexity index is 572. The maximum atomic E-state index is 12.7. The normalized spacial score (nSPS) is 22.5. The van der Waals surface area contributed by atoms with Crippen LogP contribution in [-0.4, -0.2) is 41.6 Å². The molecule has 1 saturated heterocycles. The zero-order valence-corrected chi connectivity index (χ0v) is 14.0. The first-order valence-electron chi connectivity index (χ1n) is 8.09. The van der Waals surface area contributed by atoms with Crippen LogP contribution in [0.4, 0.5) is 0 Å². The Hall–Kier alpha value is -2.04. The highest BCUT2D eigenvalue weighted by Gasteiger charge is 2.33.